The minimum Gasteiger partial charge on any atom is -0.390 e. The van der Waals surface area contributed by atoms with E-state index in [-0.39, 0.29) is 37.5 Å². The van der Waals surface area contributed by atoms with Gasteiger partial charge in [-0.25, -0.2) is 0 Å². The summed E-state index contributed by atoms with van der Waals surface area (Å²) < 4.78 is 0. The summed E-state index contributed by atoms with van der Waals surface area (Å²) in [4.78, 5) is 44.5. The highest BCUT2D eigenvalue weighted by molar-refractivity contribution is 5.91. The first-order chi connectivity index (χ1) is 22.0. The SMILES string of the molecule is C#CCCC(O)[C@H](O)C(CC1CCCCC1)NC(=O)[C@@H](NC(=O)C(CC(=O)N(C)CCN(C)C)Cc1ccccc1)C(C#C)C#C. The Morgan fingerprint density at radius 3 is 2.17 bits per heavy atom. The normalized spacial score (nSPS) is 16.6. The van der Waals surface area contributed by atoms with Crippen LogP contribution in [-0.2, 0) is 20.8 Å². The molecule has 1 aromatic rings. The second kappa shape index (κ2) is 20.3. The van der Waals surface area contributed by atoms with E-state index in [0.717, 1.165) is 37.7 Å². The van der Waals surface area contributed by atoms with Gasteiger partial charge in [-0.2, -0.15) is 0 Å². The lowest BCUT2D eigenvalue weighted by Crippen LogP contribution is -2.57. The Hall–Kier alpha value is -3.81. The van der Waals surface area contributed by atoms with Crippen molar-refractivity contribution in [2.24, 2.45) is 17.8 Å². The van der Waals surface area contributed by atoms with Gasteiger partial charge in [0.25, 0.3) is 0 Å². The molecule has 0 bridgehead atoms. The molecule has 1 aromatic carbocycles. The second-order valence-electron chi connectivity index (χ2n) is 12.7. The van der Waals surface area contributed by atoms with Gasteiger partial charge in [-0.3, -0.25) is 14.4 Å². The zero-order valence-electron chi connectivity index (χ0n) is 27.7. The van der Waals surface area contributed by atoms with Gasteiger partial charge in [-0.05, 0) is 44.8 Å². The molecule has 0 aliphatic heterocycles. The molecule has 4 N–H and O–H groups in total. The second-order valence-corrected chi connectivity index (χ2v) is 12.7. The number of benzene rings is 1. The highest BCUT2D eigenvalue weighted by Crippen LogP contribution is 2.29. The molecule has 1 aliphatic carbocycles. The average Bonchev–Trinajstić information content (AvgIpc) is 3.05. The molecular formula is C37H52N4O5. The van der Waals surface area contributed by atoms with E-state index < -0.39 is 47.9 Å². The molecule has 46 heavy (non-hydrogen) atoms. The largest absolute Gasteiger partial charge is 0.390 e. The minimum atomic E-state index is -1.33. The molecule has 3 unspecified atom stereocenters. The van der Waals surface area contributed by atoms with E-state index in [1.165, 1.54) is 0 Å². The van der Waals surface area contributed by atoms with Crippen LogP contribution < -0.4 is 10.6 Å². The van der Waals surface area contributed by atoms with Gasteiger partial charge in [0, 0.05) is 33.0 Å². The highest BCUT2D eigenvalue weighted by atomic mass is 16.3. The zero-order chi connectivity index (χ0) is 34.1. The van der Waals surface area contributed by atoms with Crippen molar-refractivity contribution in [1.82, 2.24) is 20.4 Å². The van der Waals surface area contributed by atoms with Crippen molar-refractivity contribution < 1.29 is 24.6 Å². The van der Waals surface area contributed by atoms with E-state index in [4.69, 9.17) is 19.3 Å². The number of amides is 3. The lowest BCUT2D eigenvalue weighted by atomic mass is 9.82. The maximum absolute atomic E-state index is 13.9. The number of carbonyl (C=O) groups is 3. The van der Waals surface area contributed by atoms with Crippen molar-refractivity contribution >= 4 is 17.7 Å². The van der Waals surface area contributed by atoms with Gasteiger partial charge in [0.05, 0.1) is 18.1 Å². The Morgan fingerprint density at radius 2 is 1.59 bits per heavy atom. The van der Waals surface area contributed by atoms with Crippen molar-refractivity contribution in [3.8, 4) is 37.0 Å². The summed E-state index contributed by atoms with van der Waals surface area (Å²) in [6, 6.07) is 7.18. The van der Waals surface area contributed by atoms with Crippen molar-refractivity contribution in [1.29, 1.82) is 0 Å². The number of likely N-dealkylation sites (N-methyl/N-ethyl adjacent to an activating group) is 2. The highest BCUT2D eigenvalue weighted by Gasteiger charge is 2.36. The van der Waals surface area contributed by atoms with Crippen LogP contribution in [0.3, 0.4) is 0 Å². The van der Waals surface area contributed by atoms with E-state index in [2.05, 4.69) is 28.4 Å². The van der Waals surface area contributed by atoms with Crippen molar-refractivity contribution in [3.63, 3.8) is 0 Å². The van der Waals surface area contributed by atoms with Gasteiger partial charge in [-0.15, -0.1) is 25.2 Å². The quantitative estimate of drug-likeness (QED) is 0.184. The summed E-state index contributed by atoms with van der Waals surface area (Å²) >= 11 is 0. The Bertz CT molecular complexity index is 1210. The molecule has 9 nitrogen and oxygen atoms in total. The topological polar surface area (TPSA) is 122 Å². The van der Waals surface area contributed by atoms with Crippen LogP contribution in [0.15, 0.2) is 30.3 Å². The van der Waals surface area contributed by atoms with E-state index in [1.807, 2.05) is 49.3 Å². The van der Waals surface area contributed by atoms with Crippen LogP contribution in [-0.4, -0.2) is 96.3 Å². The van der Waals surface area contributed by atoms with Gasteiger partial charge in [0.1, 0.15) is 18.1 Å². The molecule has 1 aliphatic rings. The molecule has 2 rings (SSSR count). The molecule has 0 aromatic heterocycles. The molecular weight excluding hydrogens is 580 g/mol. The van der Waals surface area contributed by atoms with Crippen LogP contribution >= 0.6 is 0 Å². The number of nitrogens with one attached hydrogen (secondary N) is 2. The Kier molecular flexibility index (Phi) is 17.0. The molecule has 250 valence electrons. The van der Waals surface area contributed by atoms with Gasteiger partial charge < -0.3 is 30.6 Å². The molecule has 0 saturated heterocycles. The zero-order valence-corrected chi connectivity index (χ0v) is 27.7. The predicted octanol–water partition coefficient (Wildman–Crippen LogP) is 2.21. The number of nitrogens with zero attached hydrogens (tertiary/aromatic N) is 2. The Labute approximate surface area is 275 Å². The molecule has 0 radical (unpaired) electrons. The fraction of sp³-hybridized carbons (Fsp3) is 0.595. The van der Waals surface area contributed by atoms with E-state index in [0.29, 0.717) is 19.5 Å². The number of aliphatic hydroxyl groups excluding tert-OH is 2. The third-order valence-corrected chi connectivity index (χ3v) is 8.73. The van der Waals surface area contributed by atoms with Gasteiger partial charge in [0.2, 0.25) is 17.7 Å². The number of terminal acetylenes is 3. The number of aliphatic hydroxyl groups is 2. The molecule has 9 heteroatoms. The summed E-state index contributed by atoms with van der Waals surface area (Å²) in [6.07, 6.45) is 20.6. The van der Waals surface area contributed by atoms with Crippen molar-refractivity contribution in [3.05, 3.63) is 35.9 Å². The molecule has 0 heterocycles. The summed E-state index contributed by atoms with van der Waals surface area (Å²) in [6.45, 7) is 1.15. The standard InChI is InChI=1S/C37H52N4O5/c1-7-10-21-32(42)35(44)31(25-28-19-15-12-16-20-28)38-37(46)34(29(8-2)9-3)39-36(45)30(24-27-17-13-11-14-18-27)26-33(43)41(6)23-22-40(4)5/h1-3,11,13-14,17-18,28-32,34-35,42,44H,10,12,15-16,19-26H2,4-6H3,(H,38,46)(H,39,45)/t30?,31?,32?,34-,35+/m0/s1. The van der Waals surface area contributed by atoms with Crippen molar-refractivity contribution in [2.75, 3.05) is 34.2 Å². The smallest absolute Gasteiger partial charge is 0.245 e. The maximum atomic E-state index is 13.9. The number of carbonyl (C=O) groups excluding carboxylic acids is 3. The van der Waals surface area contributed by atoms with Gasteiger partial charge in [0.15, 0.2) is 0 Å². The number of rotatable bonds is 18. The number of hydrogen-bond donors (Lipinski definition) is 4. The monoisotopic (exact) mass is 632 g/mol. The molecule has 0 spiro atoms. The Balaban J connectivity index is 2.32. The third kappa shape index (κ3) is 12.9. The number of hydrogen-bond acceptors (Lipinski definition) is 6. The lowest BCUT2D eigenvalue weighted by molar-refractivity contribution is -0.137. The van der Waals surface area contributed by atoms with Crippen LogP contribution in [0.25, 0.3) is 0 Å². The molecule has 5 atom stereocenters. The van der Waals surface area contributed by atoms with Crippen molar-refractivity contribution in [2.45, 2.75) is 88.5 Å². The third-order valence-electron chi connectivity index (χ3n) is 8.73. The van der Waals surface area contributed by atoms with Crippen LogP contribution in [0.5, 0.6) is 0 Å². The first-order valence-electron chi connectivity index (χ1n) is 16.3. The minimum absolute atomic E-state index is 0.0832. The van der Waals surface area contributed by atoms with Crippen LogP contribution in [0.1, 0.15) is 63.4 Å². The van der Waals surface area contributed by atoms with Gasteiger partial charge in [-0.1, -0.05) is 74.3 Å². The molecule has 1 fully saturated rings. The van der Waals surface area contributed by atoms with Crippen LogP contribution in [0.2, 0.25) is 0 Å². The summed E-state index contributed by atoms with van der Waals surface area (Å²) in [7, 11) is 5.53. The first-order valence-corrected chi connectivity index (χ1v) is 16.3. The molecule has 1 saturated carbocycles. The summed E-state index contributed by atoms with van der Waals surface area (Å²) in [5.41, 5.74) is 0.856. The van der Waals surface area contributed by atoms with Crippen LogP contribution in [0.4, 0.5) is 0 Å². The fourth-order valence-electron chi connectivity index (χ4n) is 5.82. The predicted molar refractivity (Wildman–Crippen MR) is 181 cm³/mol. The van der Waals surface area contributed by atoms with Crippen LogP contribution in [0, 0.1) is 54.8 Å². The lowest BCUT2D eigenvalue weighted by Gasteiger charge is -2.33. The summed E-state index contributed by atoms with van der Waals surface area (Å²) in [5, 5.41) is 27.4. The van der Waals surface area contributed by atoms with E-state index in [9.17, 15) is 24.6 Å². The summed E-state index contributed by atoms with van der Waals surface area (Å²) in [5.74, 6) is 4.25. The Morgan fingerprint density at radius 1 is 0.935 bits per heavy atom. The van der Waals surface area contributed by atoms with E-state index in [1.54, 1.807) is 11.9 Å². The van der Waals surface area contributed by atoms with Gasteiger partial charge >= 0.3 is 0 Å². The average molecular weight is 633 g/mol. The molecule has 3 amide bonds. The fourth-order valence-corrected chi connectivity index (χ4v) is 5.82. The van der Waals surface area contributed by atoms with E-state index >= 15 is 0 Å². The maximum Gasteiger partial charge on any atom is 0.245 e. The first kappa shape index (κ1) is 38.4.